The number of nitrogens with zero attached hydrogens (tertiary/aromatic N) is 1. The van der Waals surface area contributed by atoms with Gasteiger partial charge in [0.25, 0.3) is 5.91 Å². The fraction of sp³-hybridized carbons (Fsp3) is 0.115. The van der Waals surface area contributed by atoms with Gasteiger partial charge in [-0.3, -0.25) is 4.79 Å². The Balaban J connectivity index is 1.50. The molecule has 1 amide bonds. The standard InChI is InChI=1S/C26H21ClN2O4/c1-2-32-20-13-11-19(12-14-20)28-25(30)16-33-26(31)22-15-24(17-7-9-18(27)10-8-17)29-23-6-4-3-5-21(22)23/h3-15H,2,16H2,1H3,(H,28,30). The molecule has 0 atom stereocenters. The van der Waals surface area contributed by atoms with Crippen molar-refractivity contribution in [2.45, 2.75) is 6.92 Å². The van der Waals surface area contributed by atoms with Crippen LogP contribution in [-0.4, -0.2) is 30.1 Å². The molecule has 0 aliphatic carbocycles. The van der Waals surface area contributed by atoms with Crippen LogP contribution in [0.5, 0.6) is 5.75 Å². The number of para-hydroxylation sites is 1. The summed E-state index contributed by atoms with van der Waals surface area (Å²) in [4.78, 5) is 29.8. The van der Waals surface area contributed by atoms with Crippen molar-refractivity contribution in [1.82, 2.24) is 4.98 Å². The molecule has 0 saturated heterocycles. The van der Waals surface area contributed by atoms with Gasteiger partial charge in [-0.25, -0.2) is 9.78 Å². The summed E-state index contributed by atoms with van der Waals surface area (Å²) in [6, 6.07) is 23.1. The molecule has 6 nitrogen and oxygen atoms in total. The third kappa shape index (κ3) is 5.48. The number of rotatable bonds is 7. The van der Waals surface area contributed by atoms with Crippen LogP contribution >= 0.6 is 11.6 Å². The van der Waals surface area contributed by atoms with E-state index in [1.807, 2.05) is 37.3 Å². The topological polar surface area (TPSA) is 77.5 Å². The summed E-state index contributed by atoms with van der Waals surface area (Å²) in [5, 5.41) is 3.96. The van der Waals surface area contributed by atoms with E-state index in [4.69, 9.17) is 21.1 Å². The van der Waals surface area contributed by atoms with Crippen LogP contribution in [0.4, 0.5) is 5.69 Å². The Morgan fingerprint density at radius 2 is 1.70 bits per heavy atom. The van der Waals surface area contributed by atoms with Gasteiger partial charge < -0.3 is 14.8 Å². The third-order valence-corrected chi connectivity index (χ3v) is 5.11. The molecule has 1 N–H and O–H groups in total. The summed E-state index contributed by atoms with van der Waals surface area (Å²) in [6.07, 6.45) is 0. The van der Waals surface area contributed by atoms with Gasteiger partial charge in [-0.1, -0.05) is 41.9 Å². The second-order valence-corrected chi connectivity index (χ2v) is 7.60. The Bertz CT molecular complexity index is 1290. The van der Waals surface area contributed by atoms with Gasteiger partial charge >= 0.3 is 5.97 Å². The van der Waals surface area contributed by atoms with E-state index in [9.17, 15) is 9.59 Å². The zero-order valence-corrected chi connectivity index (χ0v) is 18.6. The molecule has 0 saturated carbocycles. The summed E-state index contributed by atoms with van der Waals surface area (Å²) < 4.78 is 10.7. The summed E-state index contributed by atoms with van der Waals surface area (Å²) in [7, 11) is 0. The molecular formula is C26H21ClN2O4. The van der Waals surface area contributed by atoms with Gasteiger partial charge in [-0.2, -0.15) is 0 Å². The summed E-state index contributed by atoms with van der Waals surface area (Å²) in [5.74, 6) is -0.336. The van der Waals surface area contributed by atoms with E-state index < -0.39 is 18.5 Å². The van der Waals surface area contributed by atoms with Crippen molar-refractivity contribution in [2.24, 2.45) is 0 Å². The van der Waals surface area contributed by atoms with Gasteiger partial charge in [0, 0.05) is 21.7 Å². The van der Waals surface area contributed by atoms with Crippen molar-refractivity contribution in [1.29, 1.82) is 0 Å². The van der Waals surface area contributed by atoms with Gasteiger partial charge in [0.15, 0.2) is 6.61 Å². The molecule has 0 unspecified atom stereocenters. The van der Waals surface area contributed by atoms with E-state index in [0.29, 0.717) is 45.2 Å². The molecule has 0 spiro atoms. The lowest BCUT2D eigenvalue weighted by molar-refractivity contribution is -0.119. The Labute approximate surface area is 196 Å². The number of anilines is 1. The third-order valence-electron chi connectivity index (χ3n) is 4.86. The Morgan fingerprint density at radius 1 is 0.970 bits per heavy atom. The first-order chi connectivity index (χ1) is 16.0. The molecule has 166 valence electrons. The monoisotopic (exact) mass is 460 g/mol. The molecule has 33 heavy (non-hydrogen) atoms. The number of esters is 1. The highest BCUT2D eigenvalue weighted by Gasteiger charge is 2.16. The van der Waals surface area contributed by atoms with Crippen LogP contribution in [-0.2, 0) is 9.53 Å². The lowest BCUT2D eigenvalue weighted by atomic mass is 10.0. The summed E-state index contributed by atoms with van der Waals surface area (Å²) >= 11 is 5.99. The Kier molecular flexibility index (Phi) is 6.86. The van der Waals surface area contributed by atoms with E-state index in [0.717, 1.165) is 5.56 Å². The minimum Gasteiger partial charge on any atom is -0.494 e. The SMILES string of the molecule is CCOc1ccc(NC(=O)COC(=O)c2cc(-c3ccc(Cl)cc3)nc3ccccc23)cc1. The van der Waals surface area contributed by atoms with Crippen molar-refractivity contribution in [2.75, 3.05) is 18.5 Å². The van der Waals surface area contributed by atoms with Gasteiger partial charge in [0.05, 0.1) is 23.4 Å². The molecule has 0 aliphatic heterocycles. The van der Waals surface area contributed by atoms with Crippen molar-refractivity contribution in [3.8, 4) is 17.0 Å². The molecule has 3 aromatic carbocycles. The van der Waals surface area contributed by atoms with Crippen molar-refractivity contribution in [3.63, 3.8) is 0 Å². The van der Waals surface area contributed by atoms with Crippen LogP contribution in [0.2, 0.25) is 5.02 Å². The number of benzene rings is 3. The van der Waals surface area contributed by atoms with Crippen LogP contribution in [0.15, 0.2) is 78.9 Å². The first kappa shape index (κ1) is 22.3. The van der Waals surface area contributed by atoms with E-state index in [-0.39, 0.29) is 0 Å². The fourth-order valence-electron chi connectivity index (χ4n) is 3.32. The molecular weight excluding hydrogens is 440 g/mol. The zero-order valence-electron chi connectivity index (χ0n) is 17.9. The number of amides is 1. The highest BCUT2D eigenvalue weighted by molar-refractivity contribution is 6.30. The molecule has 0 aliphatic rings. The zero-order chi connectivity index (χ0) is 23.2. The van der Waals surface area contributed by atoms with Crippen LogP contribution in [0.3, 0.4) is 0 Å². The highest BCUT2D eigenvalue weighted by Crippen LogP contribution is 2.26. The molecule has 0 radical (unpaired) electrons. The lowest BCUT2D eigenvalue weighted by Gasteiger charge is -2.11. The normalized spacial score (nSPS) is 10.6. The van der Waals surface area contributed by atoms with Crippen LogP contribution in [0.25, 0.3) is 22.2 Å². The van der Waals surface area contributed by atoms with Crippen molar-refractivity contribution >= 4 is 40.1 Å². The number of hydrogen-bond acceptors (Lipinski definition) is 5. The Hall–Kier alpha value is -3.90. The quantitative estimate of drug-likeness (QED) is 0.355. The average Bonchev–Trinajstić information content (AvgIpc) is 2.83. The predicted octanol–water partition coefficient (Wildman–Crippen LogP) is 5.75. The summed E-state index contributed by atoms with van der Waals surface area (Å²) in [6.45, 7) is 2.04. The maximum Gasteiger partial charge on any atom is 0.339 e. The van der Waals surface area contributed by atoms with Gasteiger partial charge in [0.1, 0.15) is 5.75 Å². The first-order valence-electron chi connectivity index (χ1n) is 10.4. The maximum absolute atomic E-state index is 12.9. The number of halogens is 1. The number of aromatic nitrogens is 1. The number of carbonyl (C=O) groups excluding carboxylic acids is 2. The number of nitrogens with one attached hydrogen (secondary N) is 1. The largest absolute Gasteiger partial charge is 0.494 e. The molecule has 4 rings (SSSR count). The molecule has 4 aromatic rings. The second-order valence-electron chi connectivity index (χ2n) is 7.16. The van der Waals surface area contributed by atoms with Crippen molar-refractivity contribution < 1.29 is 19.1 Å². The fourth-order valence-corrected chi connectivity index (χ4v) is 3.45. The van der Waals surface area contributed by atoms with E-state index in [2.05, 4.69) is 10.3 Å². The number of carbonyl (C=O) groups is 2. The van der Waals surface area contributed by atoms with Crippen LogP contribution in [0, 0.1) is 0 Å². The van der Waals surface area contributed by atoms with Crippen molar-refractivity contribution in [3.05, 3.63) is 89.4 Å². The minimum absolute atomic E-state index is 0.333. The van der Waals surface area contributed by atoms with Gasteiger partial charge in [0.2, 0.25) is 0 Å². The average molecular weight is 461 g/mol. The number of ether oxygens (including phenoxy) is 2. The highest BCUT2D eigenvalue weighted by atomic mass is 35.5. The van der Waals surface area contributed by atoms with E-state index in [1.54, 1.807) is 48.5 Å². The van der Waals surface area contributed by atoms with E-state index >= 15 is 0 Å². The molecule has 0 bridgehead atoms. The Morgan fingerprint density at radius 3 is 2.42 bits per heavy atom. The van der Waals surface area contributed by atoms with Gasteiger partial charge in [-0.05, 0) is 55.5 Å². The number of hydrogen-bond donors (Lipinski definition) is 1. The van der Waals surface area contributed by atoms with Gasteiger partial charge in [-0.15, -0.1) is 0 Å². The predicted molar refractivity (Wildman–Crippen MR) is 129 cm³/mol. The smallest absolute Gasteiger partial charge is 0.339 e. The van der Waals surface area contributed by atoms with E-state index in [1.165, 1.54) is 0 Å². The number of pyridine rings is 1. The van der Waals surface area contributed by atoms with Crippen LogP contribution < -0.4 is 10.1 Å². The second kappa shape index (κ2) is 10.1. The number of fused-ring (bicyclic) bond motifs is 1. The summed E-state index contributed by atoms with van der Waals surface area (Å²) in [5.41, 5.74) is 2.98. The first-order valence-corrected chi connectivity index (χ1v) is 10.8. The molecule has 7 heteroatoms. The maximum atomic E-state index is 12.9. The van der Waals surface area contributed by atoms with Crippen LogP contribution in [0.1, 0.15) is 17.3 Å². The lowest BCUT2D eigenvalue weighted by Crippen LogP contribution is -2.21. The molecule has 0 fully saturated rings. The molecule has 1 heterocycles. The minimum atomic E-state index is -0.606. The molecule has 1 aromatic heterocycles.